The second kappa shape index (κ2) is 4.04. The van der Waals surface area contributed by atoms with E-state index in [1.165, 1.54) is 4.90 Å². The zero-order chi connectivity index (χ0) is 13.8. The number of ether oxygens (including phenoxy) is 1. The number of para-hydroxylation sites is 1. The maximum atomic E-state index is 12.2. The molecule has 2 aliphatic heterocycles. The highest BCUT2D eigenvalue weighted by Crippen LogP contribution is 2.54. The number of carbonyl (C=O) groups excluding carboxylic acids is 1. The molecular formula is C15H17NO2S. The number of anilines is 1. The largest absolute Gasteiger partial charge is 0.409 e. The van der Waals surface area contributed by atoms with E-state index in [9.17, 15) is 4.79 Å². The predicted molar refractivity (Wildman–Crippen MR) is 76.8 cm³/mol. The van der Waals surface area contributed by atoms with Gasteiger partial charge in [0.2, 0.25) is 5.88 Å². The predicted octanol–water partition coefficient (Wildman–Crippen LogP) is 3.76. The Morgan fingerprint density at radius 3 is 2.68 bits per heavy atom. The Labute approximate surface area is 117 Å². The number of cyclic esters (lactones) is 1. The summed E-state index contributed by atoms with van der Waals surface area (Å²) in [4.78, 5) is 15.6. The molecule has 0 radical (unpaired) electrons. The van der Waals surface area contributed by atoms with Gasteiger partial charge in [-0.15, -0.1) is 0 Å². The second-order valence-corrected chi connectivity index (χ2v) is 6.85. The van der Waals surface area contributed by atoms with Gasteiger partial charge < -0.3 is 4.74 Å². The van der Waals surface area contributed by atoms with Crippen LogP contribution in [-0.4, -0.2) is 11.3 Å². The van der Waals surface area contributed by atoms with Gasteiger partial charge in [-0.2, -0.15) is 0 Å². The van der Waals surface area contributed by atoms with Crippen molar-refractivity contribution in [1.29, 1.82) is 0 Å². The maximum Gasteiger partial charge on any atom is 0.321 e. The molecule has 0 N–H and O–H groups in total. The van der Waals surface area contributed by atoms with Crippen molar-refractivity contribution in [3.8, 4) is 0 Å². The summed E-state index contributed by atoms with van der Waals surface area (Å²) >= 11 is 1.74. The van der Waals surface area contributed by atoms with E-state index in [1.807, 2.05) is 39.8 Å². The highest BCUT2D eigenvalue weighted by atomic mass is 32.2. The van der Waals surface area contributed by atoms with Crippen LogP contribution in [0, 0.1) is 5.41 Å². The monoisotopic (exact) mass is 275 g/mol. The van der Waals surface area contributed by atoms with Crippen molar-refractivity contribution in [2.24, 2.45) is 5.41 Å². The highest BCUT2D eigenvalue weighted by molar-refractivity contribution is 8.00. The molecule has 100 valence electrons. The molecule has 2 heterocycles. The number of fused-ring (bicyclic) bond motifs is 3. The molecule has 0 aromatic heterocycles. The number of hydrogen-bond acceptors (Lipinski definition) is 4. The van der Waals surface area contributed by atoms with Gasteiger partial charge in [0.15, 0.2) is 0 Å². The molecule has 1 atom stereocenters. The number of rotatable bonds is 0. The Bertz CT molecular complexity index is 588. The number of nitrogens with zero attached hydrogens (tertiary/aromatic N) is 1. The maximum absolute atomic E-state index is 12.2. The Kier molecular flexibility index (Phi) is 2.68. The van der Waals surface area contributed by atoms with E-state index < -0.39 is 5.41 Å². The third-order valence-electron chi connectivity index (χ3n) is 3.58. The summed E-state index contributed by atoms with van der Waals surface area (Å²) < 4.78 is 5.59. The minimum Gasteiger partial charge on any atom is -0.409 e. The first-order chi connectivity index (χ1) is 8.93. The first-order valence-electron chi connectivity index (χ1n) is 6.37. The van der Waals surface area contributed by atoms with Gasteiger partial charge in [0.1, 0.15) is 5.37 Å². The fourth-order valence-corrected chi connectivity index (χ4v) is 3.84. The summed E-state index contributed by atoms with van der Waals surface area (Å²) in [6.45, 7) is 7.86. The minimum atomic E-state index is -0.525. The smallest absolute Gasteiger partial charge is 0.321 e. The summed E-state index contributed by atoms with van der Waals surface area (Å²) in [5.41, 5.74) is 1.63. The Morgan fingerprint density at radius 1 is 1.32 bits per heavy atom. The van der Waals surface area contributed by atoms with Crippen molar-refractivity contribution in [2.45, 2.75) is 38.0 Å². The summed E-state index contributed by atoms with van der Waals surface area (Å²) in [5.74, 6) is 0.539. The first kappa shape index (κ1) is 12.6. The second-order valence-electron chi connectivity index (χ2n) is 5.72. The van der Waals surface area contributed by atoms with Gasteiger partial charge >= 0.3 is 5.97 Å². The number of hydrogen-bond donors (Lipinski definition) is 0. The summed E-state index contributed by atoms with van der Waals surface area (Å²) in [5, 5.41) is 0.0658. The lowest BCUT2D eigenvalue weighted by Gasteiger charge is -2.42. The van der Waals surface area contributed by atoms with E-state index in [0.29, 0.717) is 5.88 Å². The van der Waals surface area contributed by atoms with Crippen LogP contribution in [-0.2, 0) is 9.53 Å². The van der Waals surface area contributed by atoms with Gasteiger partial charge in [-0.05, 0) is 45.4 Å². The van der Waals surface area contributed by atoms with Crippen LogP contribution in [0.25, 0.3) is 0 Å². The lowest BCUT2D eigenvalue weighted by atomic mass is 9.91. The molecule has 19 heavy (non-hydrogen) atoms. The lowest BCUT2D eigenvalue weighted by Crippen LogP contribution is -2.51. The SMILES string of the molecule is CC(C)=C1OC(=O)C(C)(C)C2Sc3ccccc3N12. The van der Waals surface area contributed by atoms with Crippen LogP contribution < -0.4 is 4.90 Å². The van der Waals surface area contributed by atoms with E-state index in [-0.39, 0.29) is 11.3 Å². The fraction of sp³-hybridized carbons (Fsp3) is 0.400. The van der Waals surface area contributed by atoms with Crippen LogP contribution in [0.5, 0.6) is 0 Å². The fourth-order valence-electron chi connectivity index (χ4n) is 2.45. The van der Waals surface area contributed by atoms with Crippen molar-refractivity contribution in [3.05, 3.63) is 35.7 Å². The van der Waals surface area contributed by atoms with Crippen LogP contribution in [0.15, 0.2) is 40.6 Å². The number of esters is 1. The summed E-state index contributed by atoms with van der Waals surface area (Å²) in [7, 11) is 0. The van der Waals surface area contributed by atoms with Crippen molar-refractivity contribution < 1.29 is 9.53 Å². The van der Waals surface area contributed by atoms with E-state index >= 15 is 0 Å². The molecule has 3 rings (SSSR count). The van der Waals surface area contributed by atoms with E-state index in [1.54, 1.807) is 11.8 Å². The van der Waals surface area contributed by atoms with Crippen LogP contribution in [0.3, 0.4) is 0 Å². The number of thioether (sulfide) groups is 1. The summed E-state index contributed by atoms with van der Waals surface area (Å²) in [6.07, 6.45) is 0. The van der Waals surface area contributed by atoms with Gasteiger partial charge in [0.25, 0.3) is 0 Å². The van der Waals surface area contributed by atoms with Crippen molar-refractivity contribution in [3.63, 3.8) is 0 Å². The molecule has 3 nitrogen and oxygen atoms in total. The van der Waals surface area contributed by atoms with Gasteiger partial charge in [-0.1, -0.05) is 23.9 Å². The van der Waals surface area contributed by atoms with Crippen LogP contribution in [0.4, 0.5) is 5.69 Å². The van der Waals surface area contributed by atoms with Gasteiger partial charge in [0.05, 0.1) is 11.1 Å². The Balaban J connectivity index is 2.18. The first-order valence-corrected chi connectivity index (χ1v) is 7.25. The molecule has 0 aliphatic carbocycles. The molecule has 4 heteroatoms. The quantitative estimate of drug-likeness (QED) is 0.674. The molecule has 1 unspecified atom stereocenters. The van der Waals surface area contributed by atoms with Crippen LogP contribution >= 0.6 is 11.8 Å². The average molecular weight is 275 g/mol. The zero-order valence-corrected chi connectivity index (χ0v) is 12.4. The van der Waals surface area contributed by atoms with Crippen molar-refractivity contribution in [2.75, 3.05) is 4.90 Å². The molecule has 1 aromatic rings. The van der Waals surface area contributed by atoms with Crippen molar-refractivity contribution in [1.82, 2.24) is 0 Å². The standard InChI is InChI=1S/C15H17NO2S/c1-9(2)12-16-10-7-5-6-8-11(10)19-13(16)15(3,4)14(17)18-12/h5-8,13H,1-4H3. The zero-order valence-electron chi connectivity index (χ0n) is 11.6. The molecular weight excluding hydrogens is 258 g/mol. The Morgan fingerprint density at radius 2 is 2.00 bits per heavy atom. The molecule has 0 spiro atoms. The minimum absolute atomic E-state index is 0.0658. The average Bonchev–Trinajstić information content (AvgIpc) is 2.74. The molecule has 1 saturated heterocycles. The van der Waals surface area contributed by atoms with E-state index in [4.69, 9.17) is 4.74 Å². The highest BCUT2D eigenvalue weighted by Gasteiger charge is 2.52. The normalized spacial score (nSPS) is 23.8. The number of allylic oxidation sites excluding steroid dienone is 1. The number of benzene rings is 1. The van der Waals surface area contributed by atoms with Crippen LogP contribution in [0.1, 0.15) is 27.7 Å². The third-order valence-corrected chi connectivity index (χ3v) is 5.20. The lowest BCUT2D eigenvalue weighted by molar-refractivity contribution is -0.152. The molecule has 2 aliphatic rings. The van der Waals surface area contributed by atoms with Crippen molar-refractivity contribution >= 4 is 23.4 Å². The Hall–Kier alpha value is -1.42. The molecule has 0 bridgehead atoms. The molecule has 0 amide bonds. The third kappa shape index (κ3) is 1.70. The summed E-state index contributed by atoms with van der Waals surface area (Å²) in [6, 6.07) is 8.23. The molecule has 0 saturated carbocycles. The van der Waals surface area contributed by atoms with Gasteiger partial charge in [0, 0.05) is 4.90 Å². The van der Waals surface area contributed by atoms with E-state index in [0.717, 1.165) is 11.3 Å². The topological polar surface area (TPSA) is 29.5 Å². The van der Waals surface area contributed by atoms with E-state index in [2.05, 4.69) is 17.0 Å². The number of carbonyl (C=O) groups is 1. The molecule has 1 aromatic carbocycles. The molecule has 1 fully saturated rings. The van der Waals surface area contributed by atoms with Gasteiger partial charge in [-0.25, -0.2) is 0 Å². The van der Waals surface area contributed by atoms with Gasteiger partial charge in [-0.3, -0.25) is 9.69 Å². The van der Waals surface area contributed by atoms with Crippen LogP contribution in [0.2, 0.25) is 0 Å².